The summed E-state index contributed by atoms with van der Waals surface area (Å²) in [6.45, 7) is 7.61. The van der Waals surface area contributed by atoms with E-state index < -0.39 is 0 Å². The van der Waals surface area contributed by atoms with Crippen molar-refractivity contribution in [1.29, 1.82) is 0 Å². The van der Waals surface area contributed by atoms with Gasteiger partial charge in [0.25, 0.3) is 0 Å². The predicted octanol–water partition coefficient (Wildman–Crippen LogP) is 3.89. The van der Waals surface area contributed by atoms with Crippen LogP contribution in [0.15, 0.2) is 48.5 Å². The number of carbonyl (C=O) groups is 1. The van der Waals surface area contributed by atoms with Crippen molar-refractivity contribution in [3.05, 3.63) is 65.6 Å². The first-order valence-electron chi connectivity index (χ1n) is 13.2. The van der Waals surface area contributed by atoms with Gasteiger partial charge in [0.1, 0.15) is 12.4 Å². The molecule has 0 aliphatic carbocycles. The van der Waals surface area contributed by atoms with Gasteiger partial charge in [0.15, 0.2) is 5.82 Å². The summed E-state index contributed by atoms with van der Waals surface area (Å²) in [7, 11) is 1.43. The fraction of sp³-hybridized carbons (Fsp3) is 0.393. The van der Waals surface area contributed by atoms with Crippen LogP contribution in [0.2, 0.25) is 0 Å². The minimum absolute atomic E-state index is 0.193. The molecule has 1 aliphatic heterocycles. The Kier molecular flexibility index (Phi) is 7.78. The number of methoxy groups -OCH3 is 1. The van der Waals surface area contributed by atoms with Crippen LogP contribution in [-0.4, -0.2) is 67.9 Å². The molecule has 0 saturated heterocycles. The molecule has 1 N–H and O–H groups in total. The van der Waals surface area contributed by atoms with E-state index in [9.17, 15) is 4.79 Å². The molecule has 2 aromatic heterocycles. The predicted molar refractivity (Wildman–Crippen MR) is 145 cm³/mol. The summed E-state index contributed by atoms with van der Waals surface area (Å²) >= 11 is 0. The maximum atomic E-state index is 12.2. The van der Waals surface area contributed by atoms with Gasteiger partial charge in [-0.1, -0.05) is 68.8 Å². The van der Waals surface area contributed by atoms with Crippen LogP contribution >= 0.6 is 0 Å². The first-order valence-corrected chi connectivity index (χ1v) is 13.2. The average molecular weight is 515 g/mol. The fourth-order valence-electron chi connectivity index (χ4n) is 4.95. The lowest BCUT2D eigenvalue weighted by molar-refractivity contribution is -0.139. The highest BCUT2D eigenvalue weighted by Crippen LogP contribution is 2.32. The maximum absolute atomic E-state index is 12.2. The second kappa shape index (κ2) is 11.6. The number of rotatable bonds is 10. The fourth-order valence-corrected chi connectivity index (χ4v) is 4.95. The quantitative estimate of drug-likeness (QED) is 0.318. The number of nitrogens with zero attached hydrogens (tertiary/aromatic N) is 7. The molecule has 10 heteroatoms. The largest absolute Gasteiger partial charge is 0.468 e. The number of carbonyl (C=O) groups excluding carboxylic acids is 1. The number of anilines is 1. The third-order valence-electron chi connectivity index (χ3n) is 7.04. The molecule has 1 aliphatic rings. The van der Waals surface area contributed by atoms with Crippen LogP contribution in [0.25, 0.3) is 22.5 Å². The molecule has 38 heavy (non-hydrogen) atoms. The molecule has 0 radical (unpaired) electrons. The van der Waals surface area contributed by atoms with Crippen LogP contribution in [0.5, 0.6) is 0 Å². The highest BCUT2D eigenvalue weighted by Gasteiger charge is 2.30. The number of H-pyrrole nitrogens is 1. The van der Waals surface area contributed by atoms with Gasteiger partial charge >= 0.3 is 5.97 Å². The van der Waals surface area contributed by atoms with Crippen molar-refractivity contribution < 1.29 is 9.53 Å². The number of fused-ring (bicyclic) bond motifs is 1. The number of esters is 1. The highest BCUT2D eigenvalue weighted by atomic mass is 16.5. The number of aromatic nitrogens is 6. The minimum Gasteiger partial charge on any atom is -0.468 e. The van der Waals surface area contributed by atoms with E-state index in [2.05, 4.69) is 74.3 Å². The Morgan fingerprint density at radius 1 is 1.08 bits per heavy atom. The standard InChI is InChI=1S/C28H34N8O2/c1-4-6-11-25-29-28-24(17-34(5-2)19-35(28)18-26(37)38-3)36(25)16-20-12-14-21(15-13-20)22-9-7-8-10-23(22)27-30-32-33-31-27/h7-10,12-15H,4-6,11,16-19H2,1-3H3,(H,30,31,32,33). The van der Waals surface area contributed by atoms with Crippen molar-refractivity contribution >= 4 is 11.8 Å². The van der Waals surface area contributed by atoms with Crippen LogP contribution in [0.1, 0.15) is 43.8 Å². The molecule has 2 aromatic carbocycles. The van der Waals surface area contributed by atoms with Gasteiger partial charge in [-0.25, -0.2) is 4.98 Å². The number of ether oxygens (including phenoxy) is 1. The van der Waals surface area contributed by atoms with E-state index in [-0.39, 0.29) is 12.5 Å². The number of nitrogens with one attached hydrogen (secondary N) is 1. The number of hydrogen-bond donors (Lipinski definition) is 1. The lowest BCUT2D eigenvalue weighted by Crippen LogP contribution is -2.45. The lowest BCUT2D eigenvalue weighted by Gasteiger charge is -2.35. The van der Waals surface area contributed by atoms with Crippen molar-refractivity contribution in [2.45, 2.75) is 46.2 Å². The zero-order valence-electron chi connectivity index (χ0n) is 22.2. The van der Waals surface area contributed by atoms with Crippen LogP contribution in [0.4, 0.5) is 5.82 Å². The van der Waals surface area contributed by atoms with E-state index in [4.69, 9.17) is 9.72 Å². The molecule has 0 bridgehead atoms. The van der Waals surface area contributed by atoms with Gasteiger partial charge in [0.2, 0.25) is 5.82 Å². The maximum Gasteiger partial charge on any atom is 0.325 e. The van der Waals surface area contributed by atoms with Crippen molar-refractivity contribution in [3.8, 4) is 22.5 Å². The third kappa shape index (κ3) is 5.31. The summed E-state index contributed by atoms with van der Waals surface area (Å²) in [6, 6.07) is 16.7. The van der Waals surface area contributed by atoms with Crippen molar-refractivity contribution in [2.24, 2.45) is 0 Å². The monoisotopic (exact) mass is 514 g/mol. The van der Waals surface area contributed by atoms with Gasteiger partial charge in [0, 0.05) is 25.1 Å². The lowest BCUT2D eigenvalue weighted by atomic mass is 9.98. The normalized spacial score (nSPS) is 13.5. The number of aryl methyl sites for hydroxylation is 1. The summed E-state index contributed by atoms with van der Waals surface area (Å²) in [5, 5.41) is 14.6. The van der Waals surface area contributed by atoms with Crippen LogP contribution in [0.3, 0.4) is 0 Å². The topological polar surface area (TPSA) is 105 Å². The van der Waals surface area contributed by atoms with E-state index in [1.807, 2.05) is 23.1 Å². The number of benzene rings is 2. The molecule has 3 heterocycles. The van der Waals surface area contributed by atoms with Crippen molar-refractivity contribution in [1.82, 2.24) is 35.1 Å². The Morgan fingerprint density at radius 3 is 2.55 bits per heavy atom. The van der Waals surface area contributed by atoms with E-state index in [1.54, 1.807) is 0 Å². The Labute approximate surface area is 222 Å². The molecular weight excluding hydrogens is 480 g/mol. The molecule has 0 atom stereocenters. The van der Waals surface area contributed by atoms with Gasteiger partial charge in [-0.2, -0.15) is 5.21 Å². The zero-order valence-corrected chi connectivity index (χ0v) is 22.2. The van der Waals surface area contributed by atoms with E-state index in [0.717, 1.165) is 72.9 Å². The summed E-state index contributed by atoms with van der Waals surface area (Å²) < 4.78 is 7.31. The second-order valence-corrected chi connectivity index (χ2v) is 9.53. The molecule has 0 saturated carbocycles. The van der Waals surface area contributed by atoms with Gasteiger partial charge in [0.05, 0.1) is 19.5 Å². The van der Waals surface area contributed by atoms with Gasteiger partial charge < -0.3 is 14.2 Å². The molecule has 0 amide bonds. The molecule has 10 nitrogen and oxygen atoms in total. The number of hydrogen-bond acceptors (Lipinski definition) is 8. The first kappa shape index (κ1) is 25.6. The highest BCUT2D eigenvalue weighted by molar-refractivity contribution is 5.80. The molecule has 0 unspecified atom stereocenters. The number of imidazole rings is 1. The summed E-state index contributed by atoms with van der Waals surface area (Å²) in [5.41, 5.74) is 5.43. The Hall–Kier alpha value is -4.05. The van der Waals surface area contributed by atoms with E-state index in [0.29, 0.717) is 12.5 Å². The SMILES string of the molecule is CCCCc1nc2c(n1Cc1ccc(-c3ccccc3-c3nn[nH]n3)cc1)CN(CC)CN2CC(=O)OC. The van der Waals surface area contributed by atoms with Crippen LogP contribution in [0, 0.1) is 0 Å². The van der Waals surface area contributed by atoms with Crippen LogP contribution < -0.4 is 4.90 Å². The second-order valence-electron chi connectivity index (χ2n) is 9.53. The molecule has 4 aromatic rings. The smallest absolute Gasteiger partial charge is 0.325 e. The Bertz CT molecular complexity index is 1360. The number of tetrazole rings is 1. The molecule has 5 rings (SSSR count). The Morgan fingerprint density at radius 2 is 1.87 bits per heavy atom. The number of aromatic amines is 1. The minimum atomic E-state index is -0.254. The molecular formula is C28H34N8O2. The van der Waals surface area contributed by atoms with Crippen molar-refractivity contribution in [3.63, 3.8) is 0 Å². The Balaban J connectivity index is 1.46. The summed E-state index contributed by atoms with van der Waals surface area (Å²) in [5.74, 6) is 2.29. The average Bonchev–Trinajstić information content (AvgIpc) is 3.61. The van der Waals surface area contributed by atoms with Gasteiger partial charge in [-0.05, 0) is 34.9 Å². The first-order chi connectivity index (χ1) is 18.6. The van der Waals surface area contributed by atoms with Gasteiger partial charge in [-0.15, -0.1) is 10.2 Å². The number of unbranched alkanes of at least 4 members (excludes halogenated alkanes) is 1. The summed E-state index contributed by atoms with van der Waals surface area (Å²) in [4.78, 5) is 21.6. The summed E-state index contributed by atoms with van der Waals surface area (Å²) in [6.07, 6.45) is 3.06. The van der Waals surface area contributed by atoms with Gasteiger partial charge in [-0.3, -0.25) is 9.69 Å². The third-order valence-corrected chi connectivity index (χ3v) is 7.04. The molecule has 198 valence electrons. The van der Waals surface area contributed by atoms with E-state index in [1.165, 1.54) is 12.7 Å². The van der Waals surface area contributed by atoms with Crippen molar-refractivity contribution in [2.75, 3.05) is 31.8 Å². The van der Waals surface area contributed by atoms with Crippen LogP contribution in [-0.2, 0) is 29.0 Å². The zero-order chi connectivity index (χ0) is 26.5. The molecule has 0 spiro atoms. The molecule has 0 fully saturated rings. The van der Waals surface area contributed by atoms with E-state index >= 15 is 0 Å².